The minimum absolute atomic E-state index is 0.275. The first kappa shape index (κ1) is 35.9. The second kappa shape index (κ2) is 14.1. The number of fused-ring (bicyclic) bond motifs is 2. The molecule has 1 saturated carbocycles. The van der Waals surface area contributed by atoms with Gasteiger partial charge in [0.1, 0.15) is 0 Å². The molecule has 7 rings (SSSR count). The van der Waals surface area contributed by atoms with E-state index in [1.807, 2.05) is 67.4 Å². The molecule has 1 fully saturated rings. The van der Waals surface area contributed by atoms with Crippen molar-refractivity contribution in [3.8, 4) is 11.1 Å². The van der Waals surface area contributed by atoms with Crippen LogP contribution in [0, 0.1) is 12.3 Å². The van der Waals surface area contributed by atoms with Crippen LogP contribution in [-0.2, 0) is 44.8 Å². The summed E-state index contributed by atoms with van der Waals surface area (Å²) in [6, 6.07) is 11.5. The van der Waals surface area contributed by atoms with Gasteiger partial charge in [0, 0.05) is 81.8 Å². The molecule has 3 N–H and O–H groups in total. The summed E-state index contributed by atoms with van der Waals surface area (Å²) in [5.41, 5.74) is 6.84. The van der Waals surface area contributed by atoms with Gasteiger partial charge in [0.2, 0.25) is 0 Å². The highest BCUT2D eigenvalue weighted by Crippen LogP contribution is 2.42. The Balaban J connectivity index is 1.06. The molecule has 52 heavy (non-hydrogen) atoms. The molecule has 0 radical (unpaired) electrons. The number of amides is 2. The summed E-state index contributed by atoms with van der Waals surface area (Å²) in [6.07, 6.45) is 5.34. The van der Waals surface area contributed by atoms with E-state index in [1.54, 1.807) is 6.07 Å². The molecule has 3 aliphatic rings. The van der Waals surface area contributed by atoms with E-state index in [4.69, 9.17) is 16.6 Å². The fraction of sp³-hybridized carbons (Fsp3) is 0.462. The lowest BCUT2D eigenvalue weighted by molar-refractivity contribution is -0.152. The molecule has 4 heterocycles. The number of halogens is 1. The molecule has 2 amide bonds. The van der Waals surface area contributed by atoms with Crippen molar-refractivity contribution in [1.29, 1.82) is 0 Å². The van der Waals surface area contributed by atoms with Crippen LogP contribution < -0.4 is 10.6 Å². The van der Waals surface area contributed by atoms with Gasteiger partial charge in [-0.25, -0.2) is 9.97 Å². The van der Waals surface area contributed by atoms with Gasteiger partial charge in [-0.05, 0) is 69.3 Å². The number of hydrogen-bond acceptors (Lipinski definition) is 7. The maximum atomic E-state index is 13.7. The Bertz CT molecular complexity index is 2060. The summed E-state index contributed by atoms with van der Waals surface area (Å²) in [5, 5.41) is 16.3. The van der Waals surface area contributed by atoms with Crippen molar-refractivity contribution in [1.82, 2.24) is 28.9 Å². The van der Waals surface area contributed by atoms with Crippen LogP contribution >= 0.6 is 11.6 Å². The van der Waals surface area contributed by atoms with Crippen LogP contribution in [0.25, 0.3) is 11.1 Å². The molecular formula is C39H47ClN8O4. The van der Waals surface area contributed by atoms with E-state index < -0.39 is 11.4 Å². The Kier molecular flexibility index (Phi) is 9.75. The second-order valence-electron chi connectivity index (χ2n) is 14.7. The number of carbonyl (C=O) groups is 3. The number of rotatable bonds is 8. The summed E-state index contributed by atoms with van der Waals surface area (Å²) >= 11 is 7.00. The van der Waals surface area contributed by atoms with E-state index in [2.05, 4.69) is 32.5 Å². The summed E-state index contributed by atoms with van der Waals surface area (Å²) < 4.78 is 3.77. The zero-order chi connectivity index (χ0) is 36.9. The molecule has 2 aliphatic heterocycles. The second-order valence-corrected chi connectivity index (χ2v) is 15.1. The minimum Gasteiger partial charge on any atom is -0.481 e. The number of benzene rings is 2. The molecule has 1 aliphatic carbocycles. The number of carbonyl (C=O) groups excluding carboxylic acids is 2. The molecule has 274 valence electrons. The lowest BCUT2D eigenvalue weighted by Gasteiger charge is -2.42. The number of carboxylic acids is 1. The Morgan fingerprint density at radius 2 is 1.40 bits per heavy atom. The number of hydrogen-bond donors (Lipinski definition) is 3. The van der Waals surface area contributed by atoms with Gasteiger partial charge in [0.15, 0.2) is 11.6 Å². The van der Waals surface area contributed by atoms with Crippen LogP contribution in [0.4, 0.5) is 11.4 Å². The summed E-state index contributed by atoms with van der Waals surface area (Å²) in [4.78, 5) is 53.2. The van der Waals surface area contributed by atoms with Gasteiger partial charge in [0.25, 0.3) is 11.8 Å². The predicted molar refractivity (Wildman–Crippen MR) is 201 cm³/mol. The Hall–Kier alpha value is -4.52. The van der Waals surface area contributed by atoms with Crippen molar-refractivity contribution in [2.24, 2.45) is 19.5 Å². The predicted octanol–water partition coefficient (Wildman–Crippen LogP) is 6.06. The van der Waals surface area contributed by atoms with Crippen LogP contribution in [0.5, 0.6) is 0 Å². The lowest BCUT2D eigenvalue weighted by Crippen LogP contribution is -2.45. The highest BCUT2D eigenvalue weighted by molar-refractivity contribution is 6.36. The Morgan fingerprint density at radius 1 is 0.846 bits per heavy atom. The zero-order valence-electron chi connectivity index (χ0n) is 30.6. The number of carboxylic acid groups (broad SMARTS) is 1. The number of likely N-dealkylation sites (N-methyl/N-ethyl adjacent to an activating group) is 1. The minimum atomic E-state index is -0.680. The highest BCUT2D eigenvalue weighted by Gasteiger charge is 2.42. The Morgan fingerprint density at radius 3 is 2.02 bits per heavy atom. The average Bonchev–Trinajstić information content (AvgIpc) is 3.65. The summed E-state index contributed by atoms with van der Waals surface area (Å²) in [6.45, 7) is 7.03. The molecule has 0 saturated heterocycles. The fourth-order valence-electron chi connectivity index (χ4n) is 8.42. The zero-order valence-corrected chi connectivity index (χ0v) is 31.3. The maximum absolute atomic E-state index is 13.7. The molecule has 0 bridgehead atoms. The highest BCUT2D eigenvalue weighted by atomic mass is 35.5. The van der Waals surface area contributed by atoms with E-state index in [0.29, 0.717) is 59.9 Å². The van der Waals surface area contributed by atoms with Gasteiger partial charge >= 0.3 is 5.97 Å². The van der Waals surface area contributed by atoms with E-state index in [1.165, 1.54) is 0 Å². The van der Waals surface area contributed by atoms with Crippen molar-refractivity contribution >= 4 is 40.8 Å². The van der Waals surface area contributed by atoms with Gasteiger partial charge in [0.05, 0.1) is 27.5 Å². The molecule has 13 heteroatoms. The van der Waals surface area contributed by atoms with Gasteiger partial charge < -0.3 is 29.8 Å². The number of aromatic nitrogens is 4. The standard InChI is InChI=1S/C39H47ClN8O4/c1-6-39(38(51)52)17-13-24(14-18-39)48-20-16-32-30(22-48)42-35(47(32)5)37(50)44-28-12-8-10-26(33(28)40)25-9-7-11-27(23(25)2)43-36(49)34-41-29-21-45(3)19-15-31(29)46(34)4/h7-12,24H,6,13-22H2,1-5H3,(H,43,49)(H,44,50)(H,51,52). The largest absolute Gasteiger partial charge is 0.481 e. The Labute approximate surface area is 309 Å². The normalized spacial score (nSPS) is 20.6. The molecule has 0 unspecified atom stereocenters. The lowest BCUT2D eigenvalue weighted by atomic mass is 9.70. The fourth-order valence-corrected chi connectivity index (χ4v) is 8.69. The van der Waals surface area contributed by atoms with Crippen molar-refractivity contribution < 1.29 is 19.5 Å². The van der Waals surface area contributed by atoms with Crippen LogP contribution in [-0.4, -0.2) is 78.0 Å². The summed E-state index contributed by atoms with van der Waals surface area (Å²) in [7, 11) is 5.82. The molecule has 2 aromatic heterocycles. The number of imidazole rings is 2. The first-order chi connectivity index (χ1) is 24.9. The molecule has 4 aromatic rings. The van der Waals surface area contributed by atoms with Crippen LogP contribution in [0.1, 0.15) is 88.6 Å². The molecule has 2 aromatic carbocycles. The van der Waals surface area contributed by atoms with E-state index in [0.717, 1.165) is 84.8 Å². The smallest absolute Gasteiger partial charge is 0.309 e. The van der Waals surface area contributed by atoms with E-state index >= 15 is 0 Å². The third-order valence-corrected chi connectivity index (χ3v) is 12.2. The molecular weight excluding hydrogens is 680 g/mol. The van der Waals surface area contributed by atoms with Crippen molar-refractivity contribution in [3.05, 3.63) is 81.4 Å². The van der Waals surface area contributed by atoms with Crippen molar-refractivity contribution in [2.75, 3.05) is 30.8 Å². The number of anilines is 2. The average molecular weight is 727 g/mol. The number of aliphatic carboxylic acids is 1. The van der Waals surface area contributed by atoms with Gasteiger partial charge in [-0.1, -0.05) is 42.8 Å². The van der Waals surface area contributed by atoms with Gasteiger partial charge in [-0.15, -0.1) is 0 Å². The van der Waals surface area contributed by atoms with E-state index in [9.17, 15) is 19.5 Å². The van der Waals surface area contributed by atoms with Crippen molar-refractivity contribution in [3.63, 3.8) is 0 Å². The first-order valence-corrected chi connectivity index (χ1v) is 18.5. The third-order valence-electron chi connectivity index (χ3n) is 11.8. The number of nitrogens with zero attached hydrogens (tertiary/aromatic N) is 6. The molecule has 0 atom stereocenters. The third kappa shape index (κ3) is 6.41. The topological polar surface area (TPSA) is 138 Å². The first-order valence-electron chi connectivity index (χ1n) is 18.2. The van der Waals surface area contributed by atoms with Crippen LogP contribution in [0.2, 0.25) is 5.02 Å². The van der Waals surface area contributed by atoms with E-state index in [-0.39, 0.29) is 11.8 Å². The van der Waals surface area contributed by atoms with Gasteiger partial charge in [-0.3, -0.25) is 19.3 Å². The van der Waals surface area contributed by atoms with Crippen LogP contribution in [0.3, 0.4) is 0 Å². The van der Waals surface area contributed by atoms with Crippen molar-refractivity contribution in [2.45, 2.75) is 77.9 Å². The number of nitrogens with one attached hydrogen (secondary N) is 2. The quantitative estimate of drug-likeness (QED) is 0.200. The SMILES string of the molecule is CCC1(C(=O)O)CCC(N2CCc3c(nc(C(=O)Nc4cccc(-c5cccc(NC(=O)c6nc7c(n6C)CCN(C)C7)c5C)c4Cl)n3C)C2)CC1. The van der Waals surface area contributed by atoms with Gasteiger partial charge in [-0.2, -0.15) is 0 Å². The summed E-state index contributed by atoms with van der Waals surface area (Å²) in [5.74, 6) is -0.611. The monoisotopic (exact) mass is 726 g/mol. The molecule has 12 nitrogen and oxygen atoms in total. The van der Waals surface area contributed by atoms with Crippen LogP contribution in [0.15, 0.2) is 36.4 Å². The maximum Gasteiger partial charge on any atom is 0.309 e. The molecule has 0 spiro atoms.